The minimum absolute atomic E-state index is 0.141. The molecule has 1 aromatic carbocycles. The van der Waals surface area contributed by atoms with Crippen LogP contribution in [0.4, 0.5) is 0 Å². The lowest BCUT2D eigenvalue weighted by Gasteiger charge is -2.17. The van der Waals surface area contributed by atoms with Crippen molar-refractivity contribution in [2.45, 2.75) is 39.3 Å². The Labute approximate surface area is 121 Å². The maximum atomic E-state index is 11.4. The van der Waals surface area contributed by atoms with Crippen LogP contribution in [0.3, 0.4) is 0 Å². The highest BCUT2D eigenvalue weighted by Gasteiger charge is 2.29. The van der Waals surface area contributed by atoms with Gasteiger partial charge in [-0.2, -0.15) is 0 Å². The predicted octanol–water partition coefficient (Wildman–Crippen LogP) is 2.23. The Morgan fingerprint density at radius 3 is 2.75 bits per heavy atom. The molecule has 112 valence electrons. The zero-order valence-corrected chi connectivity index (χ0v) is 13.2. The van der Waals surface area contributed by atoms with E-state index in [1.807, 2.05) is 19.1 Å². The van der Waals surface area contributed by atoms with Crippen LogP contribution >= 0.6 is 0 Å². The highest BCUT2D eigenvalue weighted by molar-refractivity contribution is 7.91. The van der Waals surface area contributed by atoms with Crippen LogP contribution in [-0.4, -0.2) is 32.6 Å². The van der Waals surface area contributed by atoms with Gasteiger partial charge in [0.05, 0.1) is 11.5 Å². The molecule has 2 unspecified atom stereocenters. The minimum Gasteiger partial charge on any atom is -0.489 e. The zero-order chi connectivity index (χ0) is 14.8. The summed E-state index contributed by atoms with van der Waals surface area (Å²) in [6, 6.07) is 6.40. The number of sulfone groups is 1. The molecule has 1 N–H and O–H groups in total. The molecule has 2 atom stereocenters. The molecular weight excluding hydrogens is 274 g/mol. The second-order valence-electron chi connectivity index (χ2n) is 5.45. The number of rotatable bonds is 5. The van der Waals surface area contributed by atoms with Gasteiger partial charge >= 0.3 is 0 Å². The molecule has 1 fully saturated rings. The third-order valence-corrected chi connectivity index (χ3v) is 5.43. The van der Waals surface area contributed by atoms with Gasteiger partial charge in [-0.15, -0.1) is 0 Å². The van der Waals surface area contributed by atoms with Gasteiger partial charge in [0.25, 0.3) is 0 Å². The first-order valence-electron chi connectivity index (χ1n) is 7.12. The van der Waals surface area contributed by atoms with Gasteiger partial charge in [-0.05, 0) is 44.0 Å². The average molecular weight is 297 g/mol. The molecule has 1 aliphatic heterocycles. The van der Waals surface area contributed by atoms with Crippen LogP contribution in [0.15, 0.2) is 18.2 Å². The Morgan fingerprint density at radius 2 is 2.20 bits per heavy atom. The van der Waals surface area contributed by atoms with Crippen molar-refractivity contribution in [1.82, 2.24) is 5.32 Å². The topological polar surface area (TPSA) is 55.4 Å². The van der Waals surface area contributed by atoms with Gasteiger partial charge in [-0.3, -0.25) is 0 Å². The monoisotopic (exact) mass is 297 g/mol. The quantitative estimate of drug-likeness (QED) is 0.905. The van der Waals surface area contributed by atoms with Crippen LogP contribution < -0.4 is 10.1 Å². The second-order valence-corrected chi connectivity index (χ2v) is 7.68. The highest BCUT2D eigenvalue weighted by Crippen LogP contribution is 2.26. The van der Waals surface area contributed by atoms with E-state index in [-0.39, 0.29) is 17.6 Å². The maximum absolute atomic E-state index is 11.4. The summed E-state index contributed by atoms with van der Waals surface area (Å²) in [6.45, 7) is 7.14. The van der Waals surface area contributed by atoms with E-state index in [1.165, 1.54) is 5.56 Å². The number of nitrogens with one attached hydrogen (secondary N) is 1. The zero-order valence-electron chi connectivity index (χ0n) is 12.3. The van der Waals surface area contributed by atoms with E-state index in [9.17, 15) is 8.42 Å². The standard InChI is InChI=1S/C15H23NO3S/c1-4-16-12(3)13-5-6-15(11(2)9-13)19-14-7-8-20(17,18)10-14/h5-6,9,12,14,16H,4,7-8,10H2,1-3H3. The molecule has 2 rings (SSSR count). The lowest BCUT2D eigenvalue weighted by Crippen LogP contribution is -2.19. The lowest BCUT2D eigenvalue weighted by molar-refractivity contribution is 0.227. The summed E-state index contributed by atoms with van der Waals surface area (Å²) in [5.41, 5.74) is 2.27. The molecule has 5 heteroatoms. The normalized spacial score (nSPS) is 22.6. The smallest absolute Gasteiger partial charge is 0.154 e. The van der Waals surface area contributed by atoms with Gasteiger partial charge in [0, 0.05) is 6.04 Å². The van der Waals surface area contributed by atoms with Crippen LogP contribution in [0.5, 0.6) is 5.75 Å². The third-order valence-electron chi connectivity index (χ3n) is 3.69. The molecule has 0 aliphatic carbocycles. The molecule has 20 heavy (non-hydrogen) atoms. The van der Waals surface area contributed by atoms with Crippen molar-refractivity contribution < 1.29 is 13.2 Å². The van der Waals surface area contributed by atoms with Crippen molar-refractivity contribution in [2.75, 3.05) is 18.1 Å². The fourth-order valence-corrected chi connectivity index (χ4v) is 4.12. The molecular formula is C15H23NO3S. The van der Waals surface area contributed by atoms with E-state index in [4.69, 9.17) is 4.74 Å². The van der Waals surface area contributed by atoms with Crippen LogP contribution in [0.2, 0.25) is 0 Å². The molecule has 1 aromatic rings. The fraction of sp³-hybridized carbons (Fsp3) is 0.600. The molecule has 1 aliphatic rings. The second kappa shape index (κ2) is 6.14. The SMILES string of the molecule is CCNC(C)c1ccc(OC2CCS(=O)(=O)C2)c(C)c1. The summed E-state index contributed by atoms with van der Waals surface area (Å²) in [6.07, 6.45) is 0.396. The van der Waals surface area contributed by atoms with Gasteiger partial charge in [-0.25, -0.2) is 8.42 Å². The molecule has 0 radical (unpaired) electrons. The Hall–Kier alpha value is -1.07. The van der Waals surface area contributed by atoms with Gasteiger partial charge in [-0.1, -0.05) is 19.1 Å². The van der Waals surface area contributed by atoms with E-state index in [2.05, 4.69) is 25.2 Å². The fourth-order valence-electron chi connectivity index (χ4n) is 2.53. The lowest BCUT2D eigenvalue weighted by atomic mass is 10.0. The first-order valence-corrected chi connectivity index (χ1v) is 8.94. The molecule has 0 aromatic heterocycles. The maximum Gasteiger partial charge on any atom is 0.154 e. The number of aryl methyl sites for hydroxylation is 1. The largest absolute Gasteiger partial charge is 0.489 e. The molecule has 1 heterocycles. The number of hydrogen-bond donors (Lipinski definition) is 1. The highest BCUT2D eigenvalue weighted by atomic mass is 32.2. The van der Waals surface area contributed by atoms with E-state index in [0.29, 0.717) is 12.5 Å². The Bertz CT molecular complexity index is 568. The van der Waals surface area contributed by atoms with Crippen molar-refractivity contribution in [3.8, 4) is 5.75 Å². The molecule has 1 saturated heterocycles. The van der Waals surface area contributed by atoms with E-state index >= 15 is 0 Å². The average Bonchev–Trinajstić information content (AvgIpc) is 2.71. The summed E-state index contributed by atoms with van der Waals surface area (Å²) < 4.78 is 28.7. The van der Waals surface area contributed by atoms with Gasteiger partial charge in [0.2, 0.25) is 0 Å². The van der Waals surface area contributed by atoms with E-state index in [0.717, 1.165) is 17.9 Å². The number of ether oxygens (including phenoxy) is 1. The summed E-state index contributed by atoms with van der Waals surface area (Å²) in [5, 5.41) is 3.37. The Morgan fingerprint density at radius 1 is 1.45 bits per heavy atom. The van der Waals surface area contributed by atoms with Crippen LogP contribution in [0, 0.1) is 6.92 Å². The molecule has 0 saturated carbocycles. The minimum atomic E-state index is -2.89. The van der Waals surface area contributed by atoms with Gasteiger partial charge in [0.1, 0.15) is 11.9 Å². The van der Waals surface area contributed by atoms with Crippen molar-refractivity contribution in [1.29, 1.82) is 0 Å². The molecule has 0 spiro atoms. The summed E-state index contributed by atoms with van der Waals surface area (Å²) in [5.74, 6) is 1.17. The van der Waals surface area contributed by atoms with E-state index in [1.54, 1.807) is 0 Å². The summed E-state index contributed by atoms with van der Waals surface area (Å²) in [7, 11) is -2.89. The van der Waals surface area contributed by atoms with Gasteiger partial charge < -0.3 is 10.1 Å². The first-order chi connectivity index (χ1) is 9.41. The van der Waals surface area contributed by atoms with Crippen molar-refractivity contribution in [3.05, 3.63) is 29.3 Å². The molecule has 0 amide bonds. The van der Waals surface area contributed by atoms with Crippen LogP contribution in [0.1, 0.15) is 37.4 Å². The molecule has 4 nitrogen and oxygen atoms in total. The first kappa shape index (κ1) is 15.3. The van der Waals surface area contributed by atoms with Crippen molar-refractivity contribution in [3.63, 3.8) is 0 Å². The third kappa shape index (κ3) is 3.73. The summed E-state index contributed by atoms with van der Waals surface area (Å²) >= 11 is 0. The number of hydrogen-bond acceptors (Lipinski definition) is 4. The summed E-state index contributed by atoms with van der Waals surface area (Å²) in [4.78, 5) is 0. The van der Waals surface area contributed by atoms with Gasteiger partial charge in [0.15, 0.2) is 9.84 Å². The number of benzene rings is 1. The van der Waals surface area contributed by atoms with Crippen molar-refractivity contribution in [2.24, 2.45) is 0 Å². The Balaban J connectivity index is 2.07. The van der Waals surface area contributed by atoms with E-state index < -0.39 is 9.84 Å². The molecule has 0 bridgehead atoms. The van der Waals surface area contributed by atoms with Crippen LogP contribution in [-0.2, 0) is 9.84 Å². The van der Waals surface area contributed by atoms with Crippen LogP contribution in [0.25, 0.3) is 0 Å². The van der Waals surface area contributed by atoms with Crippen molar-refractivity contribution >= 4 is 9.84 Å². The Kier molecular flexibility index (Phi) is 4.70. The predicted molar refractivity (Wildman–Crippen MR) is 81.0 cm³/mol.